The molecule has 3 aromatic rings. The van der Waals surface area contributed by atoms with Crippen LogP contribution in [0.25, 0.3) is 0 Å². The zero-order chi connectivity index (χ0) is 17.6. The van der Waals surface area contributed by atoms with Crippen molar-refractivity contribution in [2.24, 2.45) is 0 Å². The van der Waals surface area contributed by atoms with Gasteiger partial charge in [-0.1, -0.05) is 35.9 Å². The van der Waals surface area contributed by atoms with E-state index in [9.17, 15) is 9.59 Å². The predicted octanol–water partition coefficient (Wildman–Crippen LogP) is 2.92. The van der Waals surface area contributed by atoms with Crippen LogP contribution in [-0.4, -0.2) is 20.8 Å². The molecule has 5 nitrogen and oxygen atoms in total. The lowest BCUT2D eigenvalue weighted by atomic mass is 10.1. The van der Waals surface area contributed by atoms with Crippen LogP contribution >= 0.6 is 0 Å². The minimum atomic E-state index is -0.386. The predicted molar refractivity (Wildman–Crippen MR) is 96.1 cm³/mol. The molecule has 2 aromatic heterocycles. The Hall–Kier alpha value is -3.21. The summed E-state index contributed by atoms with van der Waals surface area (Å²) in [5, 5.41) is 0. The SMILES string of the molecule is Cc1cccc(CN(Cc2ccccn2)C(=O)c2ccc[nH]c2=O)c1. The molecule has 2 heterocycles. The van der Waals surface area contributed by atoms with Crippen molar-refractivity contribution in [3.05, 3.63) is 99.7 Å². The number of H-pyrrole nitrogens is 1. The van der Waals surface area contributed by atoms with Crippen LogP contribution in [0.1, 0.15) is 27.2 Å². The maximum atomic E-state index is 12.9. The van der Waals surface area contributed by atoms with Gasteiger partial charge in [-0.3, -0.25) is 14.6 Å². The Morgan fingerprint density at radius 3 is 2.68 bits per heavy atom. The third kappa shape index (κ3) is 4.20. The molecule has 3 rings (SSSR count). The molecule has 1 aromatic carbocycles. The largest absolute Gasteiger partial charge is 0.328 e. The van der Waals surface area contributed by atoms with E-state index in [-0.39, 0.29) is 17.0 Å². The number of rotatable bonds is 5. The first-order valence-electron chi connectivity index (χ1n) is 8.06. The van der Waals surface area contributed by atoms with Gasteiger partial charge in [-0.25, -0.2) is 0 Å². The number of carbonyl (C=O) groups is 1. The molecule has 25 heavy (non-hydrogen) atoms. The van der Waals surface area contributed by atoms with Crippen LogP contribution in [-0.2, 0) is 13.1 Å². The topological polar surface area (TPSA) is 66.1 Å². The standard InChI is InChI=1S/C20H19N3O2/c1-15-6-4-7-16(12-15)13-23(14-17-8-2-3-10-21-17)20(25)18-9-5-11-22-19(18)24/h2-12H,13-14H2,1H3,(H,22,24). The summed E-state index contributed by atoms with van der Waals surface area (Å²) in [6.45, 7) is 2.75. The van der Waals surface area contributed by atoms with Crippen molar-refractivity contribution >= 4 is 5.91 Å². The van der Waals surface area contributed by atoms with Gasteiger partial charge >= 0.3 is 0 Å². The fraction of sp³-hybridized carbons (Fsp3) is 0.150. The Labute approximate surface area is 146 Å². The molecule has 0 unspecified atom stereocenters. The molecule has 126 valence electrons. The van der Waals surface area contributed by atoms with Crippen LogP contribution in [0.2, 0.25) is 0 Å². The van der Waals surface area contributed by atoms with Crippen molar-refractivity contribution in [2.45, 2.75) is 20.0 Å². The Morgan fingerprint density at radius 1 is 1.08 bits per heavy atom. The summed E-state index contributed by atoms with van der Waals surface area (Å²) in [4.78, 5) is 33.4. The molecule has 0 spiro atoms. The van der Waals surface area contributed by atoms with E-state index in [1.807, 2.05) is 49.4 Å². The molecule has 0 saturated heterocycles. The molecular formula is C20H19N3O2. The van der Waals surface area contributed by atoms with Crippen molar-refractivity contribution in [1.82, 2.24) is 14.9 Å². The molecule has 0 aliphatic heterocycles. The summed E-state index contributed by atoms with van der Waals surface area (Å²) >= 11 is 0. The summed E-state index contributed by atoms with van der Waals surface area (Å²) in [5.74, 6) is -0.311. The van der Waals surface area contributed by atoms with Crippen LogP contribution in [0.4, 0.5) is 0 Å². The smallest absolute Gasteiger partial charge is 0.260 e. The van der Waals surface area contributed by atoms with Crippen LogP contribution in [0.5, 0.6) is 0 Å². The summed E-state index contributed by atoms with van der Waals surface area (Å²) in [7, 11) is 0. The van der Waals surface area contributed by atoms with Gasteiger partial charge in [0.25, 0.3) is 11.5 Å². The van der Waals surface area contributed by atoms with Crippen molar-refractivity contribution in [3.63, 3.8) is 0 Å². The highest BCUT2D eigenvalue weighted by Gasteiger charge is 2.19. The highest BCUT2D eigenvalue weighted by molar-refractivity contribution is 5.93. The van der Waals surface area contributed by atoms with Crippen LogP contribution in [0.3, 0.4) is 0 Å². The van der Waals surface area contributed by atoms with Gasteiger partial charge < -0.3 is 9.88 Å². The van der Waals surface area contributed by atoms with Gasteiger partial charge in [0.15, 0.2) is 0 Å². The lowest BCUT2D eigenvalue weighted by Gasteiger charge is -2.22. The molecule has 0 radical (unpaired) electrons. The van der Waals surface area contributed by atoms with Gasteiger partial charge in [0.05, 0.1) is 12.2 Å². The number of aromatic amines is 1. The number of nitrogens with one attached hydrogen (secondary N) is 1. The van der Waals surface area contributed by atoms with E-state index < -0.39 is 0 Å². The number of pyridine rings is 2. The third-order valence-corrected chi connectivity index (χ3v) is 3.87. The van der Waals surface area contributed by atoms with E-state index in [2.05, 4.69) is 9.97 Å². The van der Waals surface area contributed by atoms with Crippen molar-refractivity contribution < 1.29 is 4.79 Å². The van der Waals surface area contributed by atoms with Gasteiger partial charge in [0, 0.05) is 18.9 Å². The molecular weight excluding hydrogens is 314 g/mol. The van der Waals surface area contributed by atoms with E-state index in [1.54, 1.807) is 23.2 Å². The fourth-order valence-corrected chi connectivity index (χ4v) is 2.68. The zero-order valence-electron chi connectivity index (χ0n) is 14.0. The monoisotopic (exact) mass is 333 g/mol. The lowest BCUT2D eigenvalue weighted by molar-refractivity contribution is 0.0726. The second-order valence-corrected chi connectivity index (χ2v) is 5.88. The Morgan fingerprint density at radius 2 is 1.96 bits per heavy atom. The molecule has 5 heteroatoms. The van der Waals surface area contributed by atoms with Gasteiger partial charge in [-0.15, -0.1) is 0 Å². The van der Waals surface area contributed by atoms with E-state index in [0.29, 0.717) is 13.1 Å². The highest BCUT2D eigenvalue weighted by Crippen LogP contribution is 2.13. The molecule has 0 aliphatic rings. The molecule has 1 amide bonds. The lowest BCUT2D eigenvalue weighted by Crippen LogP contribution is -2.34. The normalized spacial score (nSPS) is 10.4. The fourth-order valence-electron chi connectivity index (χ4n) is 2.68. The Kier molecular flexibility index (Phi) is 5.04. The summed E-state index contributed by atoms with van der Waals surface area (Å²) < 4.78 is 0. The summed E-state index contributed by atoms with van der Waals surface area (Å²) in [6.07, 6.45) is 3.21. The van der Waals surface area contributed by atoms with E-state index in [0.717, 1.165) is 16.8 Å². The molecule has 0 fully saturated rings. The van der Waals surface area contributed by atoms with Crippen molar-refractivity contribution in [1.29, 1.82) is 0 Å². The zero-order valence-corrected chi connectivity index (χ0v) is 14.0. The molecule has 0 saturated carbocycles. The minimum Gasteiger partial charge on any atom is -0.328 e. The summed E-state index contributed by atoms with van der Waals surface area (Å²) in [5.41, 5.74) is 2.65. The number of carbonyl (C=O) groups excluding carboxylic acids is 1. The van der Waals surface area contributed by atoms with E-state index in [1.165, 1.54) is 6.20 Å². The second kappa shape index (κ2) is 7.57. The molecule has 0 aliphatic carbocycles. The van der Waals surface area contributed by atoms with E-state index >= 15 is 0 Å². The first-order valence-corrected chi connectivity index (χ1v) is 8.06. The van der Waals surface area contributed by atoms with Crippen molar-refractivity contribution in [2.75, 3.05) is 0 Å². The molecule has 0 atom stereocenters. The summed E-state index contributed by atoms with van der Waals surface area (Å²) in [6, 6.07) is 16.8. The third-order valence-electron chi connectivity index (χ3n) is 3.87. The molecule has 0 bridgehead atoms. The maximum absolute atomic E-state index is 12.9. The number of benzene rings is 1. The number of hydrogen-bond acceptors (Lipinski definition) is 3. The average Bonchev–Trinajstić information content (AvgIpc) is 2.62. The number of nitrogens with zero attached hydrogens (tertiary/aromatic N) is 2. The van der Waals surface area contributed by atoms with E-state index in [4.69, 9.17) is 0 Å². The van der Waals surface area contributed by atoms with Gasteiger partial charge in [0.2, 0.25) is 0 Å². The van der Waals surface area contributed by atoms with Crippen LogP contribution in [0, 0.1) is 6.92 Å². The maximum Gasteiger partial charge on any atom is 0.260 e. The molecule has 1 N–H and O–H groups in total. The van der Waals surface area contributed by atoms with Gasteiger partial charge in [-0.2, -0.15) is 0 Å². The quantitative estimate of drug-likeness (QED) is 0.781. The number of aromatic nitrogens is 2. The minimum absolute atomic E-state index is 0.131. The van der Waals surface area contributed by atoms with Crippen LogP contribution < -0.4 is 5.56 Å². The van der Waals surface area contributed by atoms with Crippen molar-refractivity contribution in [3.8, 4) is 0 Å². The first kappa shape index (κ1) is 16.6. The highest BCUT2D eigenvalue weighted by atomic mass is 16.2. The van der Waals surface area contributed by atoms with Gasteiger partial charge in [-0.05, 0) is 36.8 Å². The average molecular weight is 333 g/mol. The second-order valence-electron chi connectivity index (χ2n) is 5.88. The Bertz CT molecular complexity index is 919. The first-order chi connectivity index (χ1) is 12.1. The van der Waals surface area contributed by atoms with Gasteiger partial charge in [0.1, 0.15) is 5.56 Å². The number of amides is 1. The van der Waals surface area contributed by atoms with Crippen LogP contribution in [0.15, 0.2) is 71.8 Å². The number of hydrogen-bond donors (Lipinski definition) is 1. The Balaban J connectivity index is 1.92. The number of aryl methyl sites for hydroxylation is 1.